The van der Waals surface area contributed by atoms with Gasteiger partial charge in [0.05, 0.1) is 47.3 Å². The van der Waals surface area contributed by atoms with Crippen molar-refractivity contribution in [2.45, 2.75) is 199 Å². The number of rotatable bonds is 52. The summed E-state index contributed by atoms with van der Waals surface area (Å²) >= 11 is 5.08. The number of amides is 4. The van der Waals surface area contributed by atoms with Crippen LogP contribution in [0.15, 0.2) is 231 Å². The summed E-state index contributed by atoms with van der Waals surface area (Å²) in [7, 11) is 3.27. The molecule has 0 saturated carbocycles. The van der Waals surface area contributed by atoms with Crippen LogP contribution < -0.4 is 57.3 Å². The second-order valence-corrected chi connectivity index (χ2v) is 32.5. The van der Waals surface area contributed by atoms with Gasteiger partial charge in [0.2, 0.25) is 17.1 Å². The predicted octanol–water partition coefficient (Wildman–Crippen LogP) is 14.7. The molecule has 762 valence electrons. The lowest BCUT2D eigenvalue weighted by atomic mass is 10.1. The molecular weight excluding hydrogens is 1860 g/mol. The van der Waals surface area contributed by atoms with Crippen molar-refractivity contribution in [3.8, 4) is 40.2 Å². The number of hydrogen-bond donors (Lipinski definition) is 16. The van der Waals surface area contributed by atoms with E-state index >= 15 is 0 Å². The summed E-state index contributed by atoms with van der Waals surface area (Å²) in [6.07, 6.45) is 16.0. The highest BCUT2D eigenvalue weighted by molar-refractivity contribution is 8.93. The number of aryl methyl sites for hydroxylation is 7. The van der Waals surface area contributed by atoms with Crippen molar-refractivity contribution < 1.29 is 118 Å². The van der Waals surface area contributed by atoms with Crippen LogP contribution in [0.3, 0.4) is 0 Å². The van der Waals surface area contributed by atoms with Crippen molar-refractivity contribution in [3.63, 3.8) is 0 Å². The molecule has 0 aliphatic carbocycles. The van der Waals surface area contributed by atoms with Crippen LogP contribution in [-0.4, -0.2) is 204 Å². The normalized spacial score (nSPS) is 11.7. The van der Waals surface area contributed by atoms with Crippen molar-refractivity contribution in [2.24, 2.45) is 28.9 Å². The van der Waals surface area contributed by atoms with Crippen LogP contribution in [0.5, 0.6) is 40.2 Å². The number of methoxy groups -OCH3 is 2. The third-order valence-corrected chi connectivity index (χ3v) is 19.9. The zero-order valence-electron chi connectivity index (χ0n) is 80.3. The smallest absolute Gasteiger partial charge is 0.407 e. The van der Waals surface area contributed by atoms with Gasteiger partial charge in [0, 0.05) is 38.8 Å². The van der Waals surface area contributed by atoms with Crippen molar-refractivity contribution in [1.29, 1.82) is 0 Å². The molecule has 0 radical (unpaired) electrons. The van der Waals surface area contributed by atoms with E-state index in [0.29, 0.717) is 68.5 Å². The van der Waals surface area contributed by atoms with Crippen LogP contribution in [-0.2, 0) is 91.5 Å². The molecule has 0 spiro atoms. The maximum atomic E-state index is 11.6. The fourth-order valence-corrected chi connectivity index (χ4v) is 11.7. The number of aliphatic carboxylic acids is 1. The summed E-state index contributed by atoms with van der Waals surface area (Å²) in [6, 6.07) is 72.1. The lowest BCUT2D eigenvalue weighted by Crippen LogP contribution is -2.25. The number of nitrogens with one attached hydrogen (secondary N) is 2. The van der Waals surface area contributed by atoms with Gasteiger partial charge in [0.15, 0.2) is 0 Å². The monoisotopic (exact) mass is 2000 g/mol. The van der Waals surface area contributed by atoms with Crippen molar-refractivity contribution in [1.82, 2.24) is 10.6 Å². The molecule has 20 N–H and O–H groups in total. The lowest BCUT2D eigenvalue weighted by molar-refractivity contribution is -0.137. The van der Waals surface area contributed by atoms with Gasteiger partial charge in [0.1, 0.15) is 97.7 Å². The molecule has 30 nitrogen and oxygen atoms in total. The highest BCUT2D eigenvalue weighted by Gasteiger charge is 2.20. The van der Waals surface area contributed by atoms with Crippen LogP contribution in [0.4, 0.5) is 9.59 Å². The molecule has 1 heterocycles. The zero-order valence-corrected chi connectivity index (χ0v) is 82.7. The maximum absolute atomic E-state index is 11.6. The SMILES string of the molecule is Br.CC(C)CCC(=O)Cl.COc1ccc(CCCC(=O)O)cc1.COc1ccc(CCCC(N)=O)cc1.NC(=O)CCCc1ccc(O)cc1.NCCCCc1ccc(OCC(O)CO)cc1.NCCCCc1ccc(OCC(O)CO)cc1.O=C(NCCCCc1ccc(O)cc1)OCc1ccccc1.O=C(NCCCCc1ccc(OCC(O)CO)cc1)OCc1ccccc1.OCC1CO1. The molecular formula is C106H150BrClN6O24. The first-order valence-corrected chi connectivity index (χ1v) is 46.8. The Morgan fingerprint density at radius 3 is 0.899 bits per heavy atom. The number of nitrogens with two attached hydrogens (primary N) is 4. The van der Waals surface area contributed by atoms with Gasteiger partial charge >= 0.3 is 18.2 Å². The van der Waals surface area contributed by atoms with Crippen LogP contribution in [0.25, 0.3) is 0 Å². The number of hydrogen-bond acceptors (Lipinski definition) is 25. The van der Waals surface area contributed by atoms with E-state index in [1.807, 2.05) is 206 Å². The van der Waals surface area contributed by atoms with Gasteiger partial charge < -0.3 is 123 Å². The number of carbonyl (C=O) groups excluding carboxylic acids is 5. The number of phenolic OH excluding ortho intramolecular Hbond substituents is 2. The number of alkyl carbamates (subject to hydrolysis) is 2. The molecule has 0 aromatic heterocycles. The number of primary amides is 2. The lowest BCUT2D eigenvalue weighted by Gasteiger charge is -2.10. The number of epoxide rings is 1. The minimum absolute atomic E-state index is 0. The Morgan fingerprint density at radius 2 is 0.667 bits per heavy atom. The van der Waals surface area contributed by atoms with Crippen LogP contribution in [0, 0.1) is 5.92 Å². The molecule has 10 rings (SSSR count). The van der Waals surface area contributed by atoms with E-state index in [4.69, 9.17) is 109 Å². The van der Waals surface area contributed by atoms with Crippen LogP contribution >= 0.6 is 28.6 Å². The number of carboxylic acid groups (broad SMARTS) is 1. The molecule has 4 unspecified atom stereocenters. The third-order valence-electron chi connectivity index (χ3n) is 19.7. The molecule has 1 saturated heterocycles. The molecule has 4 amide bonds. The quantitative estimate of drug-likeness (QED) is 0.00956. The molecule has 1 aliphatic heterocycles. The Kier molecular flexibility index (Phi) is 73.6. The van der Waals surface area contributed by atoms with Gasteiger partial charge in [-0.3, -0.25) is 19.2 Å². The Bertz CT molecular complexity index is 4400. The number of benzene rings is 9. The van der Waals surface area contributed by atoms with Gasteiger partial charge in [-0.25, -0.2) is 9.59 Å². The number of aliphatic hydroxyl groups is 7. The third kappa shape index (κ3) is 71.1. The average Bonchev–Trinajstić information content (AvgIpc) is 1.57. The molecule has 0 bridgehead atoms. The van der Waals surface area contributed by atoms with E-state index in [1.165, 1.54) is 27.8 Å². The minimum atomic E-state index is -0.864. The standard InChI is InChI=1S/C21H27NO5.C18H21NO3.2C13H21NO3.C11H15NO2.C11H14O3.C10H13NO2.C6H11ClO.C3H6O2.BrH/c23-14-19(24)16-26-20-11-9-17(10-12-20)6-4-5-13-22-21(25)27-15-18-7-2-1-3-8-18;20-17-11-9-15(10-12-17)6-4-5-13-19-18(21)22-14-16-7-2-1-3-8-16;2*14-8-2-1-3-11-4-6-13(7-5-11)17-10-12(16)9-15;2*1-14-10-7-5-9(6-8-10)3-2-4-11(12)13;11-10(13)3-1-2-8-4-6-9(12)7-5-8;1-5(2)3-4-6(7)8;4-1-3-2-5-3;/h1-3,7-12,19,23-24H,4-6,13-16H2,(H,22,25);1-3,7-12,20H,4-6,13-14H2,(H,19,21);2*4-7,12,15-16H,1-3,8-10,14H2;5-8H,2-4H2,1H3,(H2,12,13);5-8H,2-4H2,1H3,(H,12,13);4-7,12H,1-3H2,(H2,11,13);5H,3-4H2,1-2H3;3-4H,1-2H2;1H. The van der Waals surface area contributed by atoms with Gasteiger partial charge in [-0.1, -0.05) is 159 Å². The number of aromatic hydroxyl groups is 2. The van der Waals surface area contributed by atoms with Gasteiger partial charge in [-0.2, -0.15) is 0 Å². The Morgan fingerprint density at radius 1 is 0.391 bits per heavy atom. The molecule has 9 aromatic rings. The summed E-state index contributed by atoms with van der Waals surface area (Å²) < 4.78 is 40.9. The van der Waals surface area contributed by atoms with E-state index in [1.54, 1.807) is 38.5 Å². The maximum Gasteiger partial charge on any atom is 0.407 e. The molecule has 32 heteroatoms. The number of unbranched alkanes of at least 4 members (excludes halogenated alkanes) is 4. The summed E-state index contributed by atoms with van der Waals surface area (Å²) in [5.74, 6) is 3.64. The number of aliphatic hydroxyl groups excluding tert-OH is 7. The second-order valence-electron chi connectivity index (χ2n) is 32.1. The first-order chi connectivity index (χ1) is 66.1. The van der Waals surface area contributed by atoms with Gasteiger partial charge in [0.25, 0.3) is 0 Å². The van der Waals surface area contributed by atoms with Crippen LogP contribution in [0.2, 0.25) is 0 Å². The van der Waals surface area contributed by atoms with Crippen molar-refractivity contribution in [2.75, 3.05) is 93.3 Å². The largest absolute Gasteiger partial charge is 0.508 e. The van der Waals surface area contributed by atoms with E-state index < -0.39 is 30.4 Å². The highest BCUT2D eigenvalue weighted by atomic mass is 79.9. The summed E-state index contributed by atoms with van der Waals surface area (Å²) in [6.45, 7) is 7.74. The topological polar surface area (TPSA) is 510 Å². The molecule has 1 aliphatic rings. The minimum Gasteiger partial charge on any atom is -0.508 e. The number of phenols is 2. The van der Waals surface area contributed by atoms with E-state index in [-0.39, 0.29) is 117 Å². The Labute approximate surface area is 829 Å². The highest BCUT2D eigenvalue weighted by Crippen LogP contribution is 2.21. The van der Waals surface area contributed by atoms with E-state index in [2.05, 4.69) is 29.2 Å². The fourth-order valence-electron chi connectivity index (χ4n) is 11.6. The fraction of sp³-hybridized carbons (Fsp3) is 0.434. The number of carboxylic acids is 1. The summed E-state index contributed by atoms with van der Waals surface area (Å²) in [4.78, 5) is 64.5. The predicted molar refractivity (Wildman–Crippen MR) is 543 cm³/mol. The first-order valence-electron chi connectivity index (χ1n) is 46.4. The number of halogens is 2. The molecule has 138 heavy (non-hydrogen) atoms. The molecule has 1 fully saturated rings. The first kappa shape index (κ1) is 125. The van der Waals surface area contributed by atoms with Crippen molar-refractivity contribution >= 4 is 63.8 Å². The van der Waals surface area contributed by atoms with E-state index in [9.17, 15) is 39.0 Å². The van der Waals surface area contributed by atoms with Gasteiger partial charge in [-0.15, -0.1) is 17.0 Å². The second kappa shape index (κ2) is 81.6. The zero-order chi connectivity index (χ0) is 101. The van der Waals surface area contributed by atoms with Crippen LogP contribution in [0.1, 0.15) is 167 Å². The molecule has 4 atom stereocenters. The number of carbonyl (C=O) groups is 6. The van der Waals surface area contributed by atoms with Crippen molar-refractivity contribution in [3.05, 3.63) is 281 Å². The average molecular weight is 2010 g/mol. The van der Waals surface area contributed by atoms with E-state index in [0.717, 1.165) is 169 Å². The molecule has 9 aromatic carbocycles. The summed E-state index contributed by atoms with van der Waals surface area (Å²) in [5, 5.41) is 93.6. The Hall–Kier alpha value is -11.4. The Balaban J connectivity index is 0.000000795. The van der Waals surface area contributed by atoms with Gasteiger partial charge in [-0.05, 0) is 288 Å². The summed E-state index contributed by atoms with van der Waals surface area (Å²) in [5.41, 5.74) is 31.2. The number of ether oxygens (including phenoxy) is 8.